The minimum atomic E-state index is -0.641. The zero-order valence-corrected chi connectivity index (χ0v) is 12.3. The van der Waals surface area contributed by atoms with Gasteiger partial charge in [-0.05, 0) is 56.8 Å². The number of methoxy groups -OCH3 is 1. The molecule has 0 aliphatic rings. The molecule has 0 aliphatic heterocycles. The highest BCUT2D eigenvalue weighted by Crippen LogP contribution is 2.22. The summed E-state index contributed by atoms with van der Waals surface area (Å²) in [6.07, 6.45) is 1.57. The molecule has 0 saturated heterocycles. The molecule has 3 nitrogen and oxygen atoms in total. The van der Waals surface area contributed by atoms with E-state index in [-0.39, 0.29) is 11.8 Å². The highest BCUT2D eigenvalue weighted by atomic mass is 32.2. The van der Waals surface area contributed by atoms with Gasteiger partial charge in [-0.3, -0.25) is 4.79 Å². The van der Waals surface area contributed by atoms with Gasteiger partial charge < -0.3 is 10.1 Å². The van der Waals surface area contributed by atoms with Gasteiger partial charge in [0.25, 0.3) is 0 Å². The van der Waals surface area contributed by atoms with Crippen molar-refractivity contribution in [1.82, 2.24) is 5.32 Å². The van der Waals surface area contributed by atoms with E-state index in [0.717, 1.165) is 17.1 Å². The van der Waals surface area contributed by atoms with Crippen LogP contribution in [0.3, 0.4) is 0 Å². The van der Waals surface area contributed by atoms with Crippen LogP contribution in [-0.4, -0.2) is 31.4 Å². The zero-order valence-electron chi connectivity index (χ0n) is 11.5. The smallest absolute Gasteiger partial charge is 0.325 e. The van der Waals surface area contributed by atoms with E-state index in [0.29, 0.717) is 6.42 Å². The van der Waals surface area contributed by atoms with Crippen LogP contribution in [-0.2, 0) is 9.53 Å². The maximum Gasteiger partial charge on any atom is 0.325 e. The third-order valence-corrected chi connectivity index (χ3v) is 4.19. The summed E-state index contributed by atoms with van der Waals surface area (Å²) in [5, 5.41) is 3.00. The summed E-state index contributed by atoms with van der Waals surface area (Å²) in [4.78, 5) is 12.7. The van der Waals surface area contributed by atoms with Crippen LogP contribution in [0.25, 0.3) is 0 Å². The molecule has 1 aromatic rings. The van der Waals surface area contributed by atoms with Crippen molar-refractivity contribution in [2.75, 3.05) is 19.9 Å². The highest BCUT2D eigenvalue weighted by Gasteiger charge is 2.31. The van der Waals surface area contributed by atoms with E-state index in [4.69, 9.17) is 4.74 Å². The van der Waals surface area contributed by atoms with E-state index < -0.39 is 5.54 Å². The number of benzene rings is 1. The monoisotopic (exact) mass is 285 g/mol. The number of esters is 1. The molecule has 106 valence electrons. The molecule has 0 amide bonds. The Bertz CT molecular complexity index is 410. The molecule has 1 aromatic carbocycles. The van der Waals surface area contributed by atoms with Crippen LogP contribution in [0.1, 0.15) is 19.8 Å². The van der Waals surface area contributed by atoms with Crippen LogP contribution >= 0.6 is 11.8 Å². The molecule has 0 bridgehead atoms. The van der Waals surface area contributed by atoms with Gasteiger partial charge in [0.2, 0.25) is 0 Å². The molecular formula is C14H20FNO2S. The van der Waals surface area contributed by atoms with Crippen molar-refractivity contribution in [3.8, 4) is 0 Å². The lowest BCUT2D eigenvalue weighted by Gasteiger charge is -2.25. The Morgan fingerprint density at radius 2 is 2.05 bits per heavy atom. The second-order valence-corrected chi connectivity index (χ2v) is 5.65. The highest BCUT2D eigenvalue weighted by molar-refractivity contribution is 7.99. The average molecular weight is 285 g/mol. The maximum absolute atomic E-state index is 12.7. The van der Waals surface area contributed by atoms with Crippen LogP contribution in [0.5, 0.6) is 0 Å². The molecule has 1 unspecified atom stereocenters. The summed E-state index contributed by atoms with van der Waals surface area (Å²) in [5.41, 5.74) is -0.641. The van der Waals surface area contributed by atoms with E-state index >= 15 is 0 Å². The van der Waals surface area contributed by atoms with Crippen LogP contribution in [0.4, 0.5) is 4.39 Å². The number of likely N-dealkylation sites (N-methyl/N-ethyl adjacent to an activating group) is 1. The lowest BCUT2D eigenvalue weighted by molar-refractivity contribution is -0.148. The SMILES string of the molecule is CNC(C)(CCCSc1ccc(F)cc1)C(=O)OC. The van der Waals surface area contributed by atoms with Gasteiger partial charge in [0.1, 0.15) is 11.4 Å². The largest absolute Gasteiger partial charge is 0.468 e. The van der Waals surface area contributed by atoms with Gasteiger partial charge in [0.05, 0.1) is 7.11 Å². The second-order valence-electron chi connectivity index (χ2n) is 4.48. The standard InChI is InChI=1S/C14H20FNO2S/c1-14(16-2,13(17)18-3)9-4-10-19-12-7-5-11(15)6-8-12/h5-8,16H,4,9-10H2,1-3H3. The quantitative estimate of drug-likeness (QED) is 0.475. The molecule has 5 heteroatoms. The number of nitrogens with one attached hydrogen (secondary N) is 1. The fourth-order valence-corrected chi connectivity index (χ4v) is 2.55. The molecule has 1 N–H and O–H groups in total. The van der Waals surface area contributed by atoms with Crippen LogP contribution in [0.15, 0.2) is 29.2 Å². The molecule has 1 rings (SSSR count). The van der Waals surface area contributed by atoms with E-state index in [1.165, 1.54) is 19.2 Å². The van der Waals surface area contributed by atoms with E-state index in [2.05, 4.69) is 5.32 Å². The van der Waals surface area contributed by atoms with Gasteiger partial charge in [-0.1, -0.05) is 0 Å². The van der Waals surface area contributed by atoms with E-state index in [9.17, 15) is 9.18 Å². The predicted molar refractivity (Wildman–Crippen MR) is 75.8 cm³/mol. The predicted octanol–water partition coefficient (Wildman–Crippen LogP) is 2.85. The fourth-order valence-electron chi connectivity index (χ4n) is 1.70. The molecule has 0 aromatic heterocycles. The maximum atomic E-state index is 12.7. The van der Waals surface area contributed by atoms with E-state index in [1.54, 1.807) is 30.9 Å². The zero-order chi connectivity index (χ0) is 14.3. The molecule has 19 heavy (non-hydrogen) atoms. The third kappa shape index (κ3) is 4.84. The summed E-state index contributed by atoms with van der Waals surface area (Å²) in [7, 11) is 3.15. The van der Waals surface area contributed by atoms with Gasteiger partial charge in [-0.15, -0.1) is 11.8 Å². The van der Waals surface area contributed by atoms with Crippen molar-refractivity contribution in [1.29, 1.82) is 0 Å². The van der Waals surface area contributed by atoms with Crippen molar-refractivity contribution < 1.29 is 13.9 Å². The number of carbonyl (C=O) groups excluding carboxylic acids is 1. The Labute approximate surface area is 117 Å². The molecule has 0 aliphatic carbocycles. The first-order valence-electron chi connectivity index (χ1n) is 6.17. The normalized spacial score (nSPS) is 13.9. The van der Waals surface area contributed by atoms with Gasteiger partial charge >= 0.3 is 5.97 Å². The van der Waals surface area contributed by atoms with Crippen LogP contribution in [0, 0.1) is 5.82 Å². The lowest BCUT2D eigenvalue weighted by Crippen LogP contribution is -2.48. The van der Waals surface area contributed by atoms with Gasteiger partial charge in [-0.25, -0.2) is 4.39 Å². The minimum Gasteiger partial charge on any atom is -0.468 e. The molecule has 0 fully saturated rings. The topological polar surface area (TPSA) is 38.3 Å². The number of hydrogen-bond donors (Lipinski definition) is 1. The third-order valence-electron chi connectivity index (χ3n) is 3.09. The van der Waals surface area contributed by atoms with Crippen LogP contribution in [0.2, 0.25) is 0 Å². The summed E-state index contributed by atoms with van der Waals surface area (Å²) in [6.45, 7) is 1.83. The Hall–Kier alpha value is -1.07. The van der Waals surface area contributed by atoms with E-state index in [1.807, 2.05) is 6.92 Å². The summed E-state index contributed by atoms with van der Waals surface area (Å²) >= 11 is 1.65. The number of halogens is 1. The molecule has 0 saturated carbocycles. The van der Waals surface area contributed by atoms with Crippen molar-refractivity contribution in [3.63, 3.8) is 0 Å². The van der Waals surface area contributed by atoms with Crippen molar-refractivity contribution >= 4 is 17.7 Å². The second kappa shape index (κ2) is 7.50. The first-order chi connectivity index (χ1) is 9.01. The van der Waals surface area contributed by atoms with Gasteiger partial charge in [-0.2, -0.15) is 0 Å². The van der Waals surface area contributed by atoms with Crippen molar-refractivity contribution in [3.05, 3.63) is 30.1 Å². The van der Waals surface area contributed by atoms with Crippen molar-refractivity contribution in [2.24, 2.45) is 0 Å². The first kappa shape index (κ1) is 16.0. The minimum absolute atomic E-state index is 0.224. The Balaban J connectivity index is 2.37. The Kier molecular flexibility index (Phi) is 6.31. The van der Waals surface area contributed by atoms with Gasteiger partial charge in [0.15, 0.2) is 0 Å². The molecular weight excluding hydrogens is 265 g/mol. The summed E-state index contributed by atoms with van der Waals surface area (Å²) < 4.78 is 17.5. The Morgan fingerprint density at radius 1 is 1.42 bits per heavy atom. The number of ether oxygens (including phenoxy) is 1. The number of hydrogen-bond acceptors (Lipinski definition) is 4. The summed E-state index contributed by atoms with van der Waals surface area (Å²) in [6, 6.07) is 6.43. The molecule has 1 atom stereocenters. The first-order valence-corrected chi connectivity index (χ1v) is 7.16. The number of carbonyl (C=O) groups is 1. The van der Waals surface area contributed by atoms with Gasteiger partial charge in [0, 0.05) is 4.90 Å². The fraction of sp³-hybridized carbons (Fsp3) is 0.500. The molecule has 0 radical (unpaired) electrons. The van der Waals surface area contributed by atoms with Crippen LogP contribution < -0.4 is 5.32 Å². The number of thioether (sulfide) groups is 1. The number of rotatable bonds is 7. The average Bonchev–Trinajstić information content (AvgIpc) is 2.44. The molecule has 0 heterocycles. The Morgan fingerprint density at radius 3 is 2.58 bits per heavy atom. The van der Waals surface area contributed by atoms with Crippen molar-refractivity contribution in [2.45, 2.75) is 30.2 Å². The molecule has 0 spiro atoms. The lowest BCUT2D eigenvalue weighted by atomic mass is 9.97. The summed E-state index contributed by atoms with van der Waals surface area (Å²) in [5.74, 6) is 0.402.